The lowest BCUT2D eigenvalue weighted by atomic mass is 10.0. The zero-order chi connectivity index (χ0) is 19.4. The van der Waals surface area contributed by atoms with E-state index in [1.807, 2.05) is 12.1 Å². The summed E-state index contributed by atoms with van der Waals surface area (Å²) in [6.45, 7) is -0.961. The molecule has 1 aliphatic rings. The molecule has 1 aromatic carbocycles. The molecule has 29 heavy (non-hydrogen) atoms. The monoisotopic (exact) mass is 446 g/mol. The Morgan fingerprint density at radius 2 is 1.79 bits per heavy atom. The minimum Gasteiger partial charge on any atom is -0.360 e. The first-order valence-electron chi connectivity index (χ1n) is 8.37. The Hall–Kier alpha value is -2.50. The van der Waals surface area contributed by atoms with E-state index in [1.54, 1.807) is 35.5 Å². The van der Waals surface area contributed by atoms with Gasteiger partial charge in [0.2, 0.25) is 5.91 Å². The summed E-state index contributed by atoms with van der Waals surface area (Å²) in [5.74, 6) is -0.542. The minimum absolute atomic E-state index is 0. The van der Waals surface area contributed by atoms with Gasteiger partial charge in [-0.15, -0.1) is 24.8 Å². The predicted octanol–water partition coefficient (Wildman–Crippen LogP) is 3.60. The van der Waals surface area contributed by atoms with Crippen LogP contribution in [0, 0.1) is 11.3 Å². The van der Waals surface area contributed by atoms with Gasteiger partial charge in [-0.25, -0.2) is 0 Å². The number of aromatic nitrogens is 1. The number of carbonyl (C=O) groups excluding carboxylic acids is 1. The summed E-state index contributed by atoms with van der Waals surface area (Å²) in [6, 6.07) is 11.0. The van der Waals surface area contributed by atoms with Crippen LogP contribution in [-0.4, -0.2) is 48.1 Å². The van der Waals surface area contributed by atoms with Crippen molar-refractivity contribution in [2.75, 3.05) is 31.1 Å². The van der Waals surface area contributed by atoms with Crippen LogP contribution < -0.4 is 4.90 Å². The zero-order valence-corrected chi connectivity index (χ0v) is 16.9. The summed E-state index contributed by atoms with van der Waals surface area (Å²) < 4.78 is 37.7. The van der Waals surface area contributed by atoms with Crippen molar-refractivity contribution >= 4 is 36.4 Å². The molecule has 10 heteroatoms. The number of amides is 1. The van der Waals surface area contributed by atoms with Crippen molar-refractivity contribution in [2.45, 2.75) is 12.6 Å². The van der Waals surface area contributed by atoms with E-state index in [9.17, 15) is 18.0 Å². The molecule has 0 atom stereocenters. The van der Waals surface area contributed by atoms with E-state index in [1.165, 1.54) is 0 Å². The van der Waals surface area contributed by atoms with Crippen LogP contribution in [0.2, 0.25) is 0 Å². The Bertz CT molecular complexity index is 869. The molecule has 156 valence electrons. The number of piperazine rings is 1. The van der Waals surface area contributed by atoms with Gasteiger partial charge < -0.3 is 9.80 Å². The third kappa shape index (κ3) is 6.51. The number of pyridine rings is 1. The quantitative estimate of drug-likeness (QED) is 0.719. The number of hydrogen-bond donors (Lipinski definition) is 0. The molecule has 2 heterocycles. The van der Waals surface area contributed by atoms with Crippen LogP contribution in [0.25, 0.3) is 0 Å². The Kier molecular flexibility index (Phi) is 8.74. The number of halogens is 5. The number of carbonyl (C=O) groups is 1. The molecule has 1 aromatic heterocycles. The molecule has 0 radical (unpaired) electrons. The van der Waals surface area contributed by atoms with Crippen LogP contribution in [0.1, 0.15) is 16.7 Å². The largest absolute Gasteiger partial charge is 0.406 e. The van der Waals surface area contributed by atoms with Gasteiger partial charge in [0.05, 0.1) is 18.2 Å². The van der Waals surface area contributed by atoms with E-state index in [2.05, 4.69) is 11.1 Å². The van der Waals surface area contributed by atoms with E-state index in [-0.39, 0.29) is 37.9 Å². The lowest BCUT2D eigenvalue weighted by Gasteiger charge is -2.36. The SMILES string of the molecule is Cl.Cl.N#Cc1ccc(Cc2cnccc2N2CCN(CC(F)(F)F)C(=O)C2)cc1. The molecule has 0 unspecified atom stereocenters. The topological polar surface area (TPSA) is 60.2 Å². The maximum Gasteiger partial charge on any atom is 0.406 e. The average molecular weight is 447 g/mol. The summed E-state index contributed by atoms with van der Waals surface area (Å²) in [7, 11) is 0. The summed E-state index contributed by atoms with van der Waals surface area (Å²) in [5.41, 5.74) is 3.20. The van der Waals surface area contributed by atoms with Crippen LogP contribution in [0.5, 0.6) is 0 Å². The highest BCUT2D eigenvalue weighted by Gasteiger charge is 2.35. The zero-order valence-electron chi connectivity index (χ0n) is 15.2. The van der Waals surface area contributed by atoms with Gasteiger partial charge in [0.15, 0.2) is 0 Å². The molecule has 0 bridgehead atoms. The third-order valence-electron chi connectivity index (χ3n) is 4.38. The van der Waals surface area contributed by atoms with Crippen LogP contribution >= 0.6 is 24.8 Å². The van der Waals surface area contributed by atoms with E-state index >= 15 is 0 Å². The molecule has 2 aromatic rings. The van der Waals surface area contributed by atoms with E-state index in [0.717, 1.165) is 21.7 Å². The molecule has 1 aliphatic heterocycles. The maximum atomic E-state index is 12.6. The highest BCUT2D eigenvalue weighted by atomic mass is 35.5. The fourth-order valence-electron chi connectivity index (χ4n) is 3.08. The Labute approximate surface area is 178 Å². The molecule has 1 saturated heterocycles. The standard InChI is InChI=1S/C19H17F3N4O.2ClH/c20-19(21,22)13-26-8-7-25(12-18(26)27)17-5-6-24-11-16(17)9-14-1-3-15(10-23)4-2-14;;/h1-6,11H,7-9,12-13H2;2*1H. The van der Waals surface area contributed by atoms with Gasteiger partial charge in [-0.2, -0.15) is 18.4 Å². The Balaban J connectivity index is 0.00000210. The summed E-state index contributed by atoms with van der Waals surface area (Å²) in [4.78, 5) is 18.9. The first-order chi connectivity index (χ1) is 12.9. The highest BCUT2D eigenvalue weighted by molar-refractivity contribution is 5.85. The van der Waals surface area contributed by atoms with E-state index in [4.69, 9.17) is 5.26 Å². The summed E-state index contributed by atoms with van der Waals surface area (Å²) in [6.07, 6.45) is -0.550. The van der Waals surface area contributed by atoms with Crippen molar-refractivity contribution in [2.24, 2.45) is 0 Å². The number of anilines is 1. The second kappa shape index (κ2) is 10.3. The number of rotatable bonds is 4. The van der Waals surface area contributed by atoms with Gasteiger partial charge >= 0.3 is 6.18 Å². The van der Waals surface area contributed by atoms with Gasteiger partial charge in [-0.1, -0.05) is 12.1 Å². The predicted molar refractivity (Wildman–Crippen MR) is 108 cm³/mol. The maximum absolute atomic E-state index is 12.6. The molecular weight excluding hydrogens is 428 g/mol. The second-order valence-electron chi connectivity index (χ2n) is 6.34. The lowest BCUT2D eigenvalue weighted by molar-refractivity contribution is -0.161. The van der Waals surface area contributed by atoms with Gasteiger partial charge in [-0.3, -0.25) is 9.78 Å². The Morgan fingerprint density at radius 1 is 1.10 bits per heavy atom. The molecule has 0 aliphatic carbocycles. The molecular formula is C19H19Cl2F3N4O. The number of nitriles is 1. The van der Waals surface area contributed by atoms with E-state index in [0.29, 0.717) is 18.5 Å². The molecule has 1 amide bonds. The van der Waals surface area contributed by atoms with Crippen molar-refractivity contribution in [3.05, 3.63) is 59.4 Å². The minimum atomic E-state index is -4.39. The smallest absolute Gasteiger partial charge is 0.360 e. The highest BCUT2D eigenvalue weighted by Crippen LogP contribution is 2.25. The van der Waals surface area contributed by atoms with Gasteiger partial charge in [0.1, 0.15) is 6.54 Å². The molecule has 1 fully saturated rings. The number of hydrogen-bond acceptors (Lipinski definition) is 4. The molecule has 0 spiro atoms. The first kappa shape index (κ1) is 24.5. The summed E-state index contributed by atoms with van der Waals surface area (Å²) in [5, 5.41) is 8.88. The van der Waals surface area contributed by atoms with Gasteiger partial charge in [-0.05, 0) is 29.3 Å². The normalized spacial score (nSPS) is 13.9. The average Bonchev–Trinajstić information content (AvgIpc) is 2.63. The van der Waals surface area contributed by atoms with Crippen molar-refractivity contribution in [1.82, 2.24) is 9.88 Å². The fourth-order valence-corrected chi connectivity index (χ4v) is 3.08. The van der Waals surface area contributed by atoms with Crippen LogP contribution in [0.4, 0.5) is 18.9 Å². The number of nitrogens with zero attached hydrogens (tertiary/aromatic N) is 4. The first-order valence-corrected chi connectivity index (χ1v) is 8.37. The van der Waals surface area contributed by atoms with Gasteiger partial charge in [0.25, 0.3) is 0 Å². The van der Waals surface area contributed by atoms with E-state index < -0.39 is 18.6 Å². The third-order valence-corrected chi connectivity index (χ3v) is 4.38. The Morgan fingerprint density at radius 3 is 2.38 bits per heavy atom. The fraction of sp³-hybridized carbons (Fsp3) is 0.316. The lowest BCUT2D eigenvalue weighted by Crippen LogP contribution is -2.53. The van der Waals surface area contributed by atoms with Crippen molar-refractivity contribution < 1.29 is 18.0 Å². The van der Waals surface area contributed by atoms with Crippen molar-refractivity contribution in [3.8, 4) is 6.07 Å². The van der Waals surface area contributed by atoms with Crippen LogP contribution in [0.3, 0.4) is 0 Å². The molecule has 3 rings (SSSR count). The number of alkyl halides is 3. The number of benzene rings is 1. The van der Waals surface area contributed by atoms with Crippen molar-refractivity contribution in [3.63, 3.8) is 0 Å². The molecule has 0 saturated carbocycles. The van der Waals surface area contributed by atoms with Crippen LogP contribution in [-0.2, 0) is 11.2 Å². The second-order valence-corrected chi connectivity index (χ2v) is 6.34. The summed E-state index contributed by atoms with van der Waals surface area (Å²) >= 11 is 0. The van der Waals surface area contributed by atoms with Crippen LogP contribution in [0.15, 0.2) is 42.7 Å². The van der Waals surface area contributed by atoms with Gasteiger partial charge in [0, 0.05) is 37.6 Å². The molecule has 0 N–H and O–H groups in total. The van der Waals surface area contributed by atoms with Crippen molar-refractivity contribution in [1.29, 1.82) is 5.26 Å². The molecule has 5 nitrogen and oxygen atoms in total.